The van der Waals surface area contributed by atoms with Crippen molar-refractivity contribution in [2.75, 3.05) is 11.1 Å². The molecule has 0 fully saturated rings. The van der Waals surface area contributed by atoms with Crippen molar-refractivity contribution in [3.05, 3.63) is 58.6 Å². The zero-order chi connectivity index (χ0) is 19.7. The third kappa shape index (κ3) is 3.92. The van der Waals surface area contributed by atoms with E-state index >= 15 is 0 Å². The maximum atomic E-state index is 12.2. The first-order valence-corrected chi connectivity index (χ1v) is 10.7. The van der Waals surface area contributed by atoms with Crippen LogP contribution in [0.3, 0.4) is 0 Å². The molecule has 2 aromatic carbocycles. The number of aryl methyl sites for hydroxylation is 2. The number of benzene rings is 2. The van der Waals surface area contributed by atoms with E-state index in [9.17, 15) is 4.79 Å². The Morgan fingerprint density at radius 2 is 2.04 bits per heavy atom. The molecule has 5 nitrogen and oxygen atoms in total. The van der Waals surface area contributed by atoms with Gasteiger partial charge < -0.3 is 9.73 Å². The number of hydrogen-bond acceptors (Lipinski definition) is 6. The summed E-state index contributed by atoms with van der Waals surface area (Å²) in [5, 5.41) is 12.9. The number of carbonyl (C=O) groups is 1. The second kappa shape index (κ2) is 7.95. The molecule has 0 aliphatic heterocycles. The molecule has 0 radical (unpaired) electrons. The predicted molar refractivity (Wildman–Crippen MR) is 115 cm³/mol. The molecule has 8 heteroatoms. The molecule has 0 aliphatic rings. The van der Waals surface area contributed by atoms with Crippen LogP contribution in [0, 0.1) is 13.8 Å². The van der Waals surface area contributed by atoms with Gasteiger partial charge >= 0.3 is 0 Å². The van der Waals surface area contributed by atoms with Crippen molar-refractivity contribution in [3.8, 4) is 10.8 Å². The Balaban J connectivity index is 1.43. The van der Waals surface area contributed by atoms with E-state index in [4.69, 9.17) is 16.0 Å². The van der Waals surface area contributed by atoms with Crippen LogP contribution in [0.5, 0.6) is 0 Å². The molecule has 4 rings (SSSR count). The summed E-state index contributed by atoms with van der Waals surface area (Å²) in [6, 6.07) is 13.8. The highest BCUT2D eigenvalue weighted by Crippen LogP contribution is 2.41. The molecule has 1 amide bonds. The number of thioether (sulfide) groups is 1. The Morgan fingerprint density at radius 3 is 2.82 bits per heavy atom. The quantitative estimate of drug-likeness (QED) is 0.397. The topological polar surface area (TPSA) is 68.0 Å². The zero-order valence-corrected chi connectivity index (χ0v) is 17.5. The molecule has 2 heterocycles. The summed E-state index contributed by atoms with van der Waals surface area (Å²) in [6.45, 7) is 3.99. The number of rotatable bonds is 5. The molecule has 1 N–H and O–H groups in total. The lowest BCUT2D eigenvalue weighted by Gasteiger charge is -2.08. The van der Waals surface area contributed by atoms with E-state index in [0.717, 1.165) is 31.8 Å². The third-order valence-electron chi connectivity index (χ3n) is 4.12. The highest BCUT2D eigenvalue weighted by atomic mass is 35.5. The molecular formula is C20H16ClN3O2S2. The van der Waals surface area contributed by atoms with Gasteiger partial charge in [0.2, 0.25) is 5.91 Å². The van der Waals surface area contributed by atoms with E-state index in [1.807, 2.05) is 56.3 Å². The van der Waals surface area contributed by atoms with Crippen LogP contribution in [0.15, 0.2) is 52.1 Å². The summed E-state index contributed by atoms with van der Waals surface area (Å²) < 4.78 is 6.76. The van der Waals surface area contributed by atoms with Gasteiger partial charge in [0, 0.05) is 15.8 Å². The highest BCUT2D eigenvalue weighted by molar-refractivity contribution is 7.99. The van der Waals surface area contributed by atoms with Gasteiger partial charge in [0.05, 0.1) is 10.8 Å². The Kier molecular flexibility index (Phi) is 5.39. The number of fused-ring (bicyclic) bond motifs is 1. The SMILES string of the molecule is Cc1ccc(NC(=O)CSc2nnc(-c3sc4ccccc4c3Cl)o2)c(C)c1. The van der Waals surface area contributed by atoms with Crippen molar-refractivity contribution in [2.45, 2.75) is 19.1 Å². The number of thiophene rings is 1. The smallest absolute Gasteiger partial charge is 0.277 e. The molecular weight excluding hydrogens is 414 g/mol. The minimum absolute atomic E-state index is 0.128. The van der Waals surface area contributed by atoms with Gasteiger partial charge in [-0.1, -0.05) is 59.3 Å². The molecule has 4 aromatic rings. The second-order valence-corrected chi connectivity index (χ2v) is 8.63. The van der Waals surface area contributed by atoms with Gasteiger partial charge in [0.25, 0.3) is 11.1 Å². The van der Waals surface area contributed by atoms with Crippen LogP contribution in [-0.4, -0.2) is 21.9 Å². The normalized spacial score (nSPS) is 11.1. The molecule has 0 spiro atoms. The fraction of sp³-hybridized carbons (Fsp3) is 0.150. The van der Waals surface area contributed by atoms with Crippen LogP contribution < -0.4 is 5.32 Å². The Hall–Kier alpha value is -2.35. The Bertz CT molecular complexity index is 1170. The summed E-state index contributed by atoms with van der Waals surface area (Å²) >= 11 is 9.15. The fourth-order valence-electron chi connectivity index (χ4n) is 2.78. The van der Waals surface area contributed by atoms with Crippen LogP contribution in [-0.2, 0) is 4.79 Å². The number of carbonyl (C=O) groups excluding carboxylic acids is 1. The van der Waals surface area contributed by atoms with Crippen molar-refractivity contribution < 1.29 is 9.21 Å². The van der Waals surface area contributed by atoms with E-state index < -0.39 is 0 Å². The zero-order valence-electron chi connectivity index (χ0n) is 15.2. The molecule has 0 bridgehead atoms. The maximum Gasteiger partial charge on any atom is 0.277 e. The van der Waals surface area contributed by atoms with E-state index in [1.54, 1.807) is 0 Å². The Labute approximate surface area is 175 Å². The van der Waals surface area contributed by atoms with Crippen LogP contribution in [0.1, 0.15) is 11.1 Å². The lowest BCUT2D eigenvalue weighted by Crippen LogP contribution is -2.14. The van der Waals surface area contributed by atoms with Crippen molar-refractivity contribution in [3.63, 3.8) is 0 Å². The summed E-state index contributed by atoms with van der Waals surface area (Å²) in [6.07, 6.45) is 0. The molecule has 0 saturated heterocycles. The number of anilines is 1. The number of hydrogen-bond donors (Lipinski definition) is 1. The van der Waals surface area contributed by atoms with Gasteiger partial charge in [0.15, 0.2) is 0 Å². The van der Waals surface area contributed by atoms with E-state index in [2.05, 4.69) is 15.5 Å². The van der Waals surface area contributed by atoms with Crippen molar-refractivity contribution in [1.29, 1.82) is 0 Å². The van der Waals surface area contributed by atoms with Crippen molar-refractivity contribution >= 4 is 56.4 Å². The first kappa shape index (κ1) is 19.0. The van der Waals surface area contributed by atoms with Crippen LogP contribution in [0.25, 0.3) is 20.9 Å². The predicted octanol–water partition coefficient (Wildman–Crippen LogP) is 5.95. The van der Waals surface area contributed by atoms with Crippen LogP contribution >= 0.6 is 34.7 Å². The third-order valence-corrected chi connectivity index (χ3v) is 6.60. The largest absolute Gasteiger partial charge is 0.410 e. The maximum absolute atomic E-state index is 12.2. The monoisotopic (exact) mass is 429 g/mol. The lowest BCUT2D eigenvalue weighted by atomic mass is 10.1. The molecule has 142 valence electrons. The van der Waals surface area contributed by atoms with Crippen LogP contribution in [0.2, 0.25) is 5.02 Å². The Morgan fingerprint density at radius 1 is 1.21 bits per heavy atom. The van der Waals surface area contributed by atoms with Gasteiger partial charge in [0.1, 0.15) is 4.88 Å². The van der Waals surface area contributed by atoms with Gasteiger partial charge in [-0.25, -0.2) is 0 Å². The number of aromatic nitrogens is 2. The second-order valence-electron chi connectivity index (χ2n) is 6.27. The molecule has 0 aliphatic carbocycles. The van der Waals surface area contributed by atoms with E-state index in [0.29, 0.717) is 16.1 Å². The average molecular weight is 430 g/mol. The minimum Gasteiger partial charge on any atom is -0.410 e. The number of amides is 1. The summed E-state index contributed by atoms with van der Waals surface area (Å²) in [4.78, 5) is 13.0. The average Bonchev–Trinajstić information content (AvgIpc) is 3.27. The first-order chi connectivity index (χ1) is 13.5. The van der Waals surface area contributed by atoms with Gasteiger partial charge in [-0.2, -0.15) is 0 Å². The number of halogens is 1. The fourth-order valence-corrected chi connectivity index (χ4v) is 4.78. The highest BCUT2D eigenvalue weighted by Gasteiger charge is 2.18. The number of nitrogens with one attached hydrogen (secondary N) is 1. The summed E-state index contributed by atoms with van der Waals surface area (Å²) in [7, 11) is 0. The minimum atomic E-state index is -0.128. The molecule has 0 atom stereocenters. The molecule has 2 aromatic heterocycles. The molecule has 0 unspecified atom stereocenters. The molecule has 28 heavy (non-hydrogen) atoms. The van der Waals surface area contributed by atoms with E-state index in [1.165, 1.54) is 23.1 Å². The molecule has 0 saturated carbocycles. The van der Waals surface area contributed by atoms with Gasteiger partial charge in [-0.05, 0) is 31.5 Å². The van der Waals surface area contributed by atoms with E-state index in [-0.39, 0.29) is 11.7 Å². The summed E-state index contributed by atoms with van der Waals surface area (Å²) in [5.74, 6) is 0.412. The van der Waals surface area contributed by atoms with Crippen molar-refractivity contribution in [2.24, 2.45) is 0 Å². The number of nitrogens with zero attached hydrogens (tertiary/aromatic N) is 2. The first-order valence-electron chi connectivity index (χ1n) is 8.52. The van der Waals surface area contributed by atoms with Gasteiger partial charge in [-0.15, -0.1) is 21.5 Å². The van der Waals surface area contributed by atoms with Crippen molar-refractivity contribution in [1.82, 2.24) is 10.2 Å². The van der Waals surface area contributed by atoms with Gasteiger partial charge in [-0.3, -0.25) is 4.79 Å². The van der Waals surface area contributed by atoms with Crippen LogP contribution in [0.4, 0.5) is 5.69 Å². The standard InChI is InChI=1S/C20H16ClN3O2S2/c1-11-7-8-14(12(2)9-11)22-16(25)10-27-20-24-23-19(26-20)18-17(21)13-5-3-4-6-15(13)28-18/h3-9H,10H2,1-2H3,(H,22,25). The lowest BCUT2D eigenvalue weighted by molar-refractivity contribution is -0.113. The summed E-state index contributed by atoms with van der Waals surface area (Å²) in [5.41, 5.74) is 2.99.